The number of fused-ring (bicyclic) bond motifs is 1. The lowest BCUT2D eigenvalue weighted by atomic mass is 10.1. The zero-order valence-corrected chi connectivity index (χ0v) is 15.1. The lowest BCUT2D eigenvalue weighted by molar-refractivity contribution is 0.584. The highest BCUT2D eigenvalue weighted by atomic mass is 32.1. The maximum atomic E-state index is 12.4. The molecule has 0 aliphatic carbocycles. The van der Waals surface area contributed by atoms with E-state index in [2.05, 4.69) is 23.8 Å². The molecular weight excluding hydrogens is 326 g/mol. The molecule has 8 heteroatoms. The molecule has 0 N–H and O–H groups in total. The molecule has 0 saturated carbocycles. The first kappa shape index (κ1) is 16.6. The van der Waals surface area contributed by atoms with Crippen molar-refractivity contribution in [3.05, 3.63) is 43.2 Å². The second-order valence-corrected chi connectivity index (χ2v) is 7.36. The molecule has 128 valence electrons. The zero-order valence-electron chi connectivity index (χ0n) is 14.3. The van der Waals surface area contributed by atoms with Crippen molar-refractivity contribution in [3.8, 4) is 0 Å². The Morgan fingerprint density at radius 2 is 1.96 bits per heavy atom. The van der Waals surface area contributed by atoms with Crippen molar-refractivity contribution in [1.29, 1.82) is 0 Å². The molecule has 3 aromatic heterocycles. The first-order valence-electron chi connectivity index (χ1n) is 7.92. The van der Waals surface area contributed by atoms with Crippen LogP contribution in [0.4, 0.5) is 0 Å². The second kappa shape index (κ2) is 6.35. The molecule has 0 spiro atoms. The molecule has 3 rings (SSSR count). The molecule has 0 saturated heterocycles. The highest BCUT2D eigenvalue weighted by molar-refractivity contribution is 7.09. The lowest BCUT2D eigenvalue weighted by Gasteiger charge is -2.05. The fourth-order valence-electron chi connectivity index (χ4n) is 2.64. The van der Waals surface area contributed by atoms with E-state index in [1.807, 2.05) is 5.38 Å². The van der Waals surface area contributed by atoms with E-state index in [0.29, 0.717) is 23.6 Å². The van der Waals surface area contributed by atoms with E-state index in [-0.39, 0.29) is 11.2 Å². The number of hydrogen-bond acceptors (Lipinski definition) is 5. The summed E-state index contributed by atoms with van der Waals surface area (Å²) in [6.45, 7) is 4.88. The molecule has 0 radical (unpaired) electrons. The predicted molar refractivity (Wildman–Crippen MR) is 94.6 cm³/mol. The third-order valence-corrected chi connectivity index (χ3v) is 5.04. The van der Waals surface area contributed by atoms with Crippen LogP contribution in [-0.4, -0.2) is 23.7 Å². The topological polar surface area (TPSA) is 74.7 Å². The Morgan fingerprint density at radius 3 is 2.67 bits per heavy atom. The van der Waals surface area contributed by atoms with Gasteiger partial charge in [0, 0.05) is 19.5 Å². The maximum Gasteiger partial charge on any atom is 0.332 e. The molecule has 0 aromatic carbocycles. The predicted octanol–water partition coefficient (Wildman–Crippen LogP) is 1.53. The van der Waals surface area contributed by atoms with E-state index in [1.54, 1.807) is 29.3 Å². The van der Waals surface area contributed by atoms with Gasteiger partial charge in [-0.1, -0.05) is 13.8 Å². The van der Waals surface area contributed by atoms with Gasteiger partial charge in [0.25, 0.3) is 5.56 Å². The Bertz CT molecular complexity index is 992. The summed E-state index contributed by atoms with van der Waals surface area (Å²) in [7, 11) is 3.10. The fourth-order valence-corrected chi connectivity index (χ4v) is 3.44. The van der Waals surface area contributed by atoms with Crippen LogP contribution in [0.3, 0.4) is 0 Å². The first-order chi connectivity index (χ1) is 11.4. The van der Waals surface area contributed by atoms with Crippen molar-refractivity contribution in [2.75, 3.05) is 0 Å². The van der Waals surface area contributed by atoms with E-state index in [0.717, 1.165) is 28.1 Å². The van der Waals surface area contributed by atoms with Crippen LogP contribution in [0, 0.1) is 5.92 Å². The van der Waals surface area contributed by atoms with Crippen molar-refractivity contribution < 1.29 is 0 Å². The third kappa shape index (κ3) is 2.93. The quantitative estimate of drug-likeness (QED) is 0.701. The number of aromatic nitrogens is 5. The van der Waals surface area contributed by atoms with Crippen LogP contribution in [0.5, 0.6) is 0 Å². The van der Waals surface area contributed by atoms with Gasteiger partial charge in [-0.15, -0.1) is 11.3 Å². The smallest absolute Gasteiger partial charge is 0.319 e. The summed E-state index contributed by atoms with van der Waals surface area (Å²) in [5.41, 5.74) is 1.03. The SMILES string of the molecule is CC(C)CCc1nc(Cn2cnc3c2c(=O)n(C)c(=O)n3C)cs1. The van der Waals surface area contributed by atoms with E-state index in [9.17, 15) is 9.59 Å². The van der Waals surface area contributed by atoms with Crippen LogP contribution in [0.15, 0.2) is 21.3 Å². The summed E-state index contributed by atoms with van der Waals surface area (Å²) in [6, 6.07) is 0. The van der Waals surface area contributed by atoms with Gasteiger partial charge in [-0.3, -0.25) is 13.9 Å². The molecule has 3 heterocycles. The molecule has 3 aromatic rings. The van der Waals surface area contributed by atoms with Gasteiger partial charge in [-0.2, -0.15) is 0 Å². The van der Waals surface area contributed by atoms with E-state index in [1.165, 1.54) is 11.6 Å². The Balaban J connectivity index is 1.94. The van der Waals surface area contributed by atoms with Crippen molar-refractivity contribution >= 4 is 22.5 Å². The molecule has 0 aliphatic rings. The van der Waals surface area contributed by atoms with Crippen molar-refractivity contribution in [2.24, 2.45) is 20.0 Å². The van der Waals surface area contributed by atoms with Crippen molar-refractivity contribution in [3.63, 3.8) is 0 Å². The summed E-state index contributed by atoms with van der Waals surface area (Å²) in [5.74, 6) is 0.652. The highest BCUT2D eigenvalue weighted by Crippen LogP contribution is 2.16. The largest absolute Gasteiger partial charge is 0.332 e. The highest BCUT2D eigenvalue weighted by Gasteiger charge is 2.15. The minimum absolute atomic E-state index is 0.333. The van der Waals surface area contributed by atoms with Crippen LogP contribution in [-0.2, 0) is 27.1 Å². The normalized spacial score (nSPS) is 11.7. The zero-order chi connectivity index (χ0) is 17.4. The summed E-state index contributed by atoms with van der Waals surface area (Å²) < 4.78 is 4.26. The molecule has 24 heavy (non-hydrogen) atoms. The van der Waals surface area contributed by atoms with E-state index < -0.39 is 0 Å². The summed E-state index contributed by atoms with van der Waals surface area (Å²) in [6.07, 6.45) is 3.69. The van der Waals surface area contributed by atoms with Crippen LogP contribution < -0.4 is 11.2 Å². The molecule has 0 bridgehead atoms. The van der Waals surface area contributed by atoms with Gasteiger partial charge < -0.3 is 4.57 Å². The maximum absolute atomic E-state index is 12.4. The van der Waals surface area contributed by atoms with Gasteiger partial charge in [0.1, 0.15) is 0 Å². The molecule has 7 nitrogen and oxygen atoms in total. The van der Waals surface area contributed by atoms with Crippen LogP contribution in [0.2, 0.25) is 0 Å². The van der Waals surface area contributed by atoms with Crippen molar-refractivity contribution in [1.82, 2.24) is 23.7 Å². The number of imidazole rings is 1. The van der Waals surface area contributed by atoms with Crippen LogP contribution >= 0.6 is 11.3 Å². The second-order valence-electron chi connectivity index (χ2n) is 6.42. The van der Waals surface area contributed by atoms with Crippen molar-refractivity contribution in [2.45, 2.75) is 33.2 Å². The van der Waals surface area contributed by atoms with Crippen LogP contribution in [0.25, 0.3) is 11.2 Å². The monoisotopic (exact) mass is 347 g/mol. The average molecular weight is 347 g/mol. The van der Waals surface area contributed by atoms with Gasteiger partial charge in [0.05, 0.1) is 23.6 Å². The number of hydrogen-bond donors (Lipinski definition) is 0. The summed E-state index contributed by atoms with van der Waals surface area (Å²) in [5, 5.41) is 3.14. The minimum Gasteiger partial charge on any atom is -0.319 e. The Hall–Kier alpha value is -2.22. The van der Waals surface area contributed by atoms with Gasteiger partial charge in [0.2, 0.25) is 0 Å². The standard InChI is InChI=1S/C16H21N5O2S/c1-10(2)5-6-12-18-11(8-24-12)7-21-9-17-14-13(21)15(22)20(4)16(23)19(14)3/h8-10H,5-7H2,1-4H3. The van der Waals surface area contributed by atoms with E-state index in [4.69, 9.17) is 0 Å². The molecular formula is C16H21N5O2S. The van der Waals surface area contributed by atoms with Gasteiger partial charge in [-0.25, -0.2) is 14.8 Å². The summed E-state index contributed by atoms with van der Waals surface area (Å²) in [4.78, 5) is 33.3. The molecule has 0 amide bonds. The molecule has 0 fully saturated rings. The van der Waals surface area contributed by atoms with Gasteiger partial charge >= 0.3 is 5.69 Å². The summed E-state index contributed by atoms with van der Waals surface area (Å²) >= 11 is 1.65. The fraction of sp³-hybridized carbons (Fsp3) is 0.500. The Morgan fingerprint density at radius 1 is 1.21 bits per heavy atom. The average Bonchev–Trinajstić information content (AvgIpc) is 3.16. The molecule has 0 unspecified atom stereocenters. The van der Waals surface area contributed by atoms with Gasteiger partial charge in [0.15, 0.2) is 11.2 Å². The third-order valence-electron chi connectivity index (χ3n) is 4.08. The number of rotatable bonds is 5. The Kier molecular flexibility index (Phi) is 4.40. The lowest BCUT2D eigenvalue weighted by Crippen LogP contribution is -2.37. The van der Waals surface area contributed by atoms with E-state index >= 15 is 0 Å². The number of thiazole rings is 1. The number of aryl methyl sites for hydroxylation is 2. The first-order valence-corrected chi connectivity index (χ1v) is 8.80. The molecule has 0 atom stereocenters. The van der Waals surface area contributed by atoms with Crippen LogP contribution in [0.1, 0.15) is 31.0 Å². The minimum atomic E-state index is -0.373. The number of nitrogens with zero attached hydrogens (tertiary/aromatic N) is 5. The Labute approximate surface area is 143 Å². The van der Waals surface area contributed by atoms with Gasteiger partial charge in [-0.05, 0) is 18.8 Å². The molecule has 0 aliphatic heterocycles.